The fourth-order valence-corrected chi connectivity index (χ4v) is 2.93. The van der Waals surface area contributed by atoms with Crippen LogP contribution in [0.3, 0.4) is 0 Å². The second-order valence-electron chi connectivity index (χ2n) is 4.63. The van der Waals surface area contributed by atoms with Gasteiger partial charge in [-0.2, -0.15) is 5.26 Å². The van der Waals surface area contributed by atoms with Crippen LogP contribution < -0.4 is 0 Å². The van der Waals surface area contributed by atoms with Crippen molar-refractivity contribution in [2.75, 3.05) is 0 Å². The lowest BCUT2D eigenvalue weighted by molar-refractivity contribution is 1.37. The minimum atomic E-state index is 0.566. The van der Waals surface area contributed by atoms with E-state index >= 15 is 0 Å². The lowest BCUT2D eigenvalue weighted by Gasteiger charge is -1.97. The van der Waals surface area contributed by atoms with Crippen molar-refractivity contribution in [2.24, 2.45) is 0 Å². The number of nitrogens with zero attached hydrogens (tertiary/aromatic N) is 2. The van der Waals surface area contributed by atoms with Crippen LogP contribution >= 0.6 is 22.9 Å². The Morgan fingerprint density at radius 2 is 1.82 bits per heavy atom. The Morgan fingerprint density at radius 3 is 2.50 bits per heavy atom. The molecule has 0 bridgehead atoms. The van der Waals surface area contributed by atoms with E-state index in [2.05, 4.69) is 11.1 Å². The molecule has 0 saturated heterocycles. The Labute approximate surface area is 138 Å². The van der Waals surface area contributed by atoms with Crippen LogP contribution in [0.2, 0.25) is 5.02 Å². The van der Waals surface area contributed by atoms with Crippen molar-refractivity contribution in [2.45, 2.75) is 0 Å². The number of benzene rings is 2. The first kappa shape index (κ1) is 14.5. The number of halogens is 1. The van der Waals surface area contributed by atoms with Gasteiger partial charge in [-0.15, -0.1) is 11.3 Å². The summed E-state index contributed by atoms with van der Waals surface area (Å²) in [5.41, 5.74) is 3.40. The van der Waals surface area contributed by atoms with E-state index in [9.17, 15) is 5.26 Å². The van der Waals surface area contributed by atoms with Crippen LogP contribution in [0.5, 0.6) is 0 Å². The molecule has 0 aliphatic rings. The maximum absolute atomic E-state index is 9.39. The predicted octanol–water partition coefficient (Wildman–Crippen LogP) is 5.53. The fourth-order valence-electron chi connectivity index (χ4n) is 2.01. The first-order valence-electron chi connectivity index (χ1n) is 6.65. The molecular weight excluding hydrogens is 312 g/mol. The zero-order valence-corrected chi connectivity index (χ0v) is 13.1. The second kappa shape index (κ2) is 6.57. The van der Waals surface area contributed by atoms with Gasteiger partial charge < -0.3 is 0 Å². The quantitative estimate of drug-likeness (QED) is 0.595. The summed E-state index contributed by atoms with van der Waals surface area (Å²) in [5, 5.41) is 12.8. The molecule has 0 fully saturated rings. The first-order valence-corrected chi connectivity index (χ1v) is 7.91. The van der Waals surface area contributed by atoms with Gasteiger partial charge in [0.15, 0.2) is 0 Å². The Kier molecular flexibility index (Phi) is 4.34. The summed E-state index contributed by atoms with van der Waals surface area (Å²) in [6.45, 7) is 0. The third kappa shape index (κ3) is 3.25. The molecule has 3 rings (SSSR count). The van der Waals surface area contributed by atoms with Crippen molar-refractivity contribution in [3.05, 3.63) is 75.6 Å². The van der Waals surface area contributed by atoms with Gasteiger partial charge in [-0.05, 0) is 23.8 Å². The van der Waals surface area contributed by atoms with Gasteiger partial charge in [0.1, 0.15) is 11.1 Å². The molecule has 0 unspecified atom stereocenters. The lowest BCUT2D eigenvalue weighted by Crippen LogP contribution is -1.82. The molecule has 22 heavy (non-hydrogen) atoms. The van der Waals surface area contributed by atoms with Crippen LogP contribution in [0.1, 0.15) is 10.6 Å². The van der Waals surface area contributed by atoms with Crippen LogP contribution in [0.4, 0.5) is 0 Å². The predicted molar refractivity (Wildman–Crippen MR) is 92.5 cm³/mol. The minimum absolute atomic E-state index is 0.566. The van der Waals surface area contributed by atoms with Crippen molar-refractivity contribution >= 4 is 34.6 Å². The molecule has 0 aliphatic carbocycles. The third-order valence-corrected chi connectivity index (χ3v) is 4.23. The topological polar surface area (TPSA) is 36.7 Å². The molecule has 0 amide bonds. The molecule has 0 saturated carbocycles. The average Bonchev–Trinajstić information content (AvgIpc) is 3.04. The van der Waals surface area contributed by atoms with Crippen molar-refractivity contribution in [3.8, 4) is 17.3 Å². The van der Waals surface area contributed by atoms with E-state index in [1.165, 1.54) is 11.3 Å². The normalized spacial score (nSPS) is 11.2. The molecule has 1 heterocycles. The molecule has 106 valence electrons. The third-order valence-electron chi connectivity index (χ3n) is 3.11. The SMILES string of the molecule is N#CC(=Cc1ccccc1)c1nc(-c2ccc(Cl)cc2)cs1. The summed E-state index contributed by atoms with van der Waals surface area (Å²) >= 11 is 7.36. The average molecular weight is 323 g/mol. The summed E-state index contributed by atoms with van der Waals surface area (Å²) in [5.74, 6) is 0. The minimum Gasteiger partial charge on any atom is -0.235 e. The van der Waals surface area contributed by atoms with E-state index in [-0.39, 0.29) is 0 Å². The number of hydrogen-bond acceptors (Lipinski definition) is 3. The Bertz CT molecular complexity index is 843. The molecule has 0 atom stereocenters. The van der Waals surface area contributed by atoms with E-state index in [0.717, 1.165) is 21.8 Å². The van der Waals surface area contributed by atoms with Crippen LogP contribution in [-0.2, 0) is 0 Å². The Balaban J connectivity index is 1.94. The summed E-state index contributed by atoms with van der Waals surface area (Å²) in [6.07, 6.45) is 1.85. The summed E-state index contributed by atoms with van der Waals surface area (Å²) < 4.78 is 0. The molecule has 0 radical (unpaired) electrons. The first-order chi connectivity index (χ1) is 10.8. The summed E-state index contributed by atoms with van der Waals surface area (Å²) in [4.78, 5) is 4.56. The highest BCUT2D eigenvalue weighted by molar-refractivity contribution is 7.11. The second-order valence-corrected chi connectivity index (χ2v) is 5.92. The van der Waals surface area contributed by atoms with E-state index < -0.39 is 0 Å². The van der Waals surface area contributed by atoms with Crippen LogP contribution in [-0.4, -0.2) is 4.98 Å². The molecule has 1 aromatic heterocycles. The smallest absolute Gasteiger partial charge is 0.134 e. The summed E-state index contributed by atoms with van der Waals surface area (Å²) in [6, 6.07) is 19.5. The molecule has 0 aliphatic heterocycles. The summed E-state index contributed by atoms with van der Waals surface area (Å²) in [7, 11) is 0. The molecule has 0 spiro atoms. The zero-order valence-electron chi connectivity index (χ0n) is 11.5. The number of nitriles is 1. The molecule has 0 N–H and O–H groups in total. The van der Waals surface area contributed by atoms with Crippen LogP contribution in [0.15, 0.2) is 60.0 Å². The lowest BCUT2D eigenvalue weighted by atomic mass is 10.1. The molecule has 4 heteroatoms. The van der Waals surface area contributed by atoms with Crippen molar-refractivity contribution in [1.29, 1.82) is 5.26 Å². The maximum atomic E-state index is 9.39. The highest BCUT2D eigenvalue weighted by atomic mass is 35.5. The van der Waals surface area contributed by atoms with Gasteiger partial charge in [-0.25, -0.2) is 4.98 Å². The fraction of sp³-hybridized carbons (Fsp3) is 0. The Morgan fingerprint density at radius 1 is 1.09 bits per heavy atom. The van der Waals surface area contributed by atoms with E-state index in [0.29, 0.717) is 10.6 Å². The molecule has 2 nitrogen and oxygen atoms in total. The van der Waals surface area contributed by atoms with Gasteiger partial charge in [0.25, 0.3) is 0 Å². The molecule has 2 aromatic carbocycles. The van der Waals surface area contributed by atoms with Crippen molar-refractivity contribution < 1.29 is 0 Å². The number of aromatic nitrogens is 1. The van der Waals surface area contributed by atoms with E-state index in [1.54, 1.807) is 0 Å². The maximum Gasteiger partial charge on any atom is 0.134 e. The standard InChI is InChI=1S/C18H11ClN2S/c19-16-8-6-14(7-9-16)17-12-22-18(21-17)15(11-20)10-13-4-2-1-3-5-13/h1-10,12H. The van der Waals surface area contributed by atoms with E-state index in [4.69, 9.17) is 11.6 Å². The number of thiazole rings is 1. The number of allylic oxidation sites excluding steroid dienone is 1. The highest BCUT2D eigenvalue weighted by Gasteiger charge is 2.09. The van der Waals surface area contributed by atoms with Gasteiger partial charge in [0, 0.05) is 16.0 Å². The molecule has 3 aromatic rings. The van der Waals surface area contributed by atoms with Crippen molar-refractivity contribution in [1.82, 2.24) is 4.98 Å². The van der Waals surface area contributed by atoms with Gasteiger partial charge in [0.05, 0.1) is 11.3 Å². The highest BCUT2D eigenvalue weighted by Crippen LogP contribution is 2.27. The van der Waals surface area contributed by atoms with Crippen LogP contribution in [0, 0.1) is 11.3 Å². The number of rotatable bonds is 3. The monoisotopic (exact) mass is 322 g/mol. The van der Waals surface area contributed by atoms with Gasteiger partial charge in [-0.1, -0.05) is 54.1 Å². The van der Waals surface area contributed by atoms with Gasteiger partial charge in [-0.3, -0.25) is 0 Å². The molecular formula is C18H11ClN2S. The zero-order chi connectivity index (χ0) is 15.4. The largest absolute Gasteiger partial charge is 0.235 e. The van der Waals surface area contributed by atoms with Gasteiger partial charge >= 0.3 is 0 Å². The van der Waals surface area contributed by atoms with Crippen molar-refractivity contribution in [3.63, 3.8) is 0 Å². The van der Waals surface area contributed by atoms with E-state index in [1.807, 2.05) is 66.1 Å². The van der Waals surface area contributed by atoms with Crippen LogP contribution in [0.25, 0.3) is 22.9 Å². The number of hydrogen-bond donors (Lipinski definition) is 0. The van der Waals surface area contributed by atoms with Gasteiger partial charge in [0.2, 0.25) is 0 Å². The Hall–Kier alpha value is -2.41.